The van der Waals surface area contributed by atoms with Gasteiger partial charge in [0.2, 0.25) is 5.91 Å². The van der Waals surface area contributed by atoms with Gasteiger partial charge in [0.1, 0.15) is 6.61 Å². The number of aromatic nitrogens is 1. The quantitative estimate of drug-likeness (QED) is 0.645. The van der Waals surface area contributed by atoms with E-state index < -0.39 is 11.0 Å². The molecule has 0 saturated heterocycles. The molecule has 6 rings (SSSR count). The lowest BCUT2D eigenvalue weighted by atomic mass is 9.48. The van der Waals surface area contributed by atoms with Gasteiger partial charge in [-0.25, -0.2) is 4.98 Å². The van der Waals surface area contributed by atoms with Gasteiger partial charge in [0.15, 0.2) is 5.13 Å². The molecule has 1 N–H and O–H groups in total. The van der Waals surface area contributed by atoms with Crippen molar-refractivity contribution < 1.29 is 19.4 Å². The monoisotopic (exact) mass is 460 g/mol. The van der Waals surface area contributed by atoms with E-state index in [9.17, 15) is 14.7 Å². The average molecular weight is 461 g/mol. The van der Waals surface area contributed by atoms with Crippen LogP contribution in [0.5, 0.6) is 0 Å². The van der Waals surface area contributed by atoms with E-state index in [1.807, 2.05) is 0 Å². The molecule has 4 aliphatic rings. The Labute approximate surface area is 190 Å². The number of ether oxygens (including phenoxy) is 1. The second-order valence-electron chi connectivity index (χ2n) is 9.50. The minimum absolute atomic E-state index is 0.0616. The molecule has 0 spiro atoms. The molecule has 8 heteroatoms. The van der Waals surface area contributed by atoms with E-state index in [0.717, 1.165) is 32.1 Å². The zero-order valence-corrected chi connectivity index (χ0v) is 18.9. The summed E-state index contributed by atoms with van der Waals surface area (Å²) in [4.78, 5) is 31.4. The topological polar surface area (TPSA) is 79.7 Å². The molecule has 4 aliphatic carbocycles. The Balaban J connectivity index is 1.29. The Morgan fingerprint density at radius 2 is 2.03 bits per heavy atom. The number of nitrogens with zero attached hydrogens (tertiary/aromatic N) is 2. The first-order chi connectivity index (χ1) is 14.8. The van der Waals surface area contributed by atoms with E-state index in [1.165, 1.54) is 23.2 Å². The molecule has 4 saturated carbocycles. The summed E-state index contributed by atoms with van der Waals surface area (Å²) in [7, 11) is 0. The molecular formula is C23H25ClN2O4S. The zero-order valence-electron chi connectivity index (χ0n) is 17.3. The summed E-state index contributed by atoms with van der Waals surface area (Å²) in [6.07, 6.45) is 4.91. The van der Waals surface area contributed by atoms with Gasteiger partial charge in [0.05, 0.1) is 22.4 Å². The number of thiazole rings is 1. The normalized spacial score (nSPS) is 30.9. The number of benzene rings is 1. The molecule has 0 aliphatic heterocycles. The Hall–Kier alpha value is -1.96. The first-order valence-corrected chi connectivity index (χ1v) is 11.9. The predicted molar refractivity (Wildman–Crippen MR) is 118 cm³/mol. The maximum Gasteiger partial charge on any atom is 0.312 e. The van der Waals surface area contributed by atoms with Gasteiger partial charge < -0.3 is 9.84 Å². The van der Waals surface area contributed by atoms with E-state index >= 15 is 0 Å². The molecular weight excluding hydrogens is 436 g/mol. The van der Waals surface area contributed by atoms with E-state index in [0.29, 0.717) is 39.8 Å². The fraction of sp³-hybridized carbons (Fsp3) is 0.522. The third-order valence-corrected chi connectivity index (χ3v) is 8.04. The maximum atomic E-state index is 13.1. The number of esters is 1. The van der Waals surface area contributed by atoms with Gasteiger partial charge in [0, 0.05) is 17.3 Å². The van der Waals surface area contributed by atoms with E-state index in [-0.39, 0.29) is 18.5 Å². The molecule has 31 heavy (non-hydrogen) atoms. The van der Waals surface area contributed by atoms with E-state index in [2.05, 4.69) is 4.98 Å². The van der Waals surface area contributed by atoms with Crippen LogP contribution >= 0.6 is 22.9 Å². The van der Waals surface area contributed by atoms with Gasteiger partial charge in [-0.05, 0) is 68.6 Å². The van der Waals surface area contributed by atoms with E-state index in [1.54, 1.807) is 29.6 Å². The van der Waals surface area contributed by atoms with Crippen molar-refractivity contribution in [1.29, 1.82) is 0 Å². The third-order valence-electron chi connectivity index (χ3n) is 6.93. The number of rotatable bonds is 5. The van der Waals surface area contributed by atoms with Crippen LogP contribution in [-0.2, 0) is 20.9 Å². The number of carbonyl (C=O) groups is 2. The van der Waals surface area contributed by atoms with Gasteiger partial charge in [-0.15, -0.1) is 11.3 Å². The SMILES string of the molecule is CC(=O)N(c1cccc(Cl)c1)c1nc(COC(=O)C23CC4CC(CC(O)(C4)C2)C3)cs1. The summed E-state index contributed by atoms with van der Waals surface area (Å²) in [6, 6.07) is 7.04. The fourth-order valence-electron chi connectivity index (χ4n) is 6.25. The first-order valence-electron chi connectivity index (χ1n) is 10.7. The van der Waals surface area contributed by atoms with Crippen molar-refractivity contribution in [3.05, 3.63) is 40.4 Å². The van der Waals surface area contributed by atoms with Crippen LogP contribution in [0.2, 0.25) is 5.02 Å². The number of anilines is 2. The highest BCUT2D eigenvalue weighted by atomic mass is 35.5. The van der Waals surface area contributed by atoms with Gasteiger partial charge >= 0.3 is 5.97 Å². The van der Waals surface area contributed by atoms with Crippen LogP contribution in [0.25, 0.3) is 0 Å². The summed E-state index contributed by atoms with van der Waals surface area (Å²) in [5, 5.41) is 13.7. The minimum Gasteiger partial charge on any atom is -0.459 e. The van der Waals surface area contributed by atoms with Crippen LogP contribution in [0.15, 0.2) is 29.6 Å². The van der Waals surface area contributed by atoms with Crippen molar-refractivity contribution in [2.24, 2.45) is 17.3 Å². The number of carbonyl (C=O) groups excluding carboxylic acids is 2. The summed E-state index contributed by atoms with van der Waals surface area (Å²) in [6.45, 7) is 1.53. The first kappa shape index (κ1) is 20.9. The van der Waals surface area contributed by atoms with Crippen LogP contribution in [0.4, 0.5) is 10.8 Å². The molecule has 0 radical (unpaired) electrons. The molecule has 1 heterocycles. The van der Waals surface area contributed by atoms with Crippen molar-refractivity contribution in [3.8, 4) is 0 Å². The Kier molecular flexibility index (Phi) is 5.11. The Bertz CT molecular complexity index is 1020. The molecule has 4 bridgehead atoms. The standard InChI is InChI=1S/C23H25ClN2O4S/c1-14(27)26(19-4-2-3-17(24)6-19)21-25-18(12-31-21)11-30-20(28)22-7-15-5-16(8-22)10-23(29,9-15)13-22/h2-4,6,12,15-16,29H,5,7-11,13H2,1H3. The molecule has 2 unspecified atom stereocenters. The lowest BCUT2D eigenvalue weighted by molar-refractivity contribution is -0.197. The number of halogens is 1. The highest BCUT2D eigenvalue weighted by molar-refractivity contribution is 7.14. The third kappa shape index (κ3) is 3.88. The highest BCUT2D eigenvalue weighted by Crippen LogP contribution is 2.62. The Morgan fingerprint density at radius 1 is 1.29 bits per heavy atom. The largest absolute Gasteiger partial charge is 0.459 e. The predicted octanol–water partition coefficient (Wildman–Crippen LogP) is 4.86. The molecule has 2 atom stereocenters. The summed E-state index contributed by atoms with van der Waals surface area (Å²) in [5.41, 5.74) is -0.00972. The molecule has 1 amide bonds. The van der Waals surface area contributed by atoms with Crippen LogP contribution in [0.1, 0.15) is 51.1 Å². The molecule has 164 valence electrons. The van der Waals surface area contributed by atoms with E-state index in [4.69, 9.17) is 16.3 Å². The minimum atomic E-state index is -0.699. The zero-order chi connectivity index (χ0) is 21.8. The van der Waals surface area contributed by atoms with Gasteiger partial charge in [0.25, 0.3) is 0 Å². The van der Waals surface area contributed by atoms with Crippen molar-refractivity contribution in [1.82, 2.24) is 4.98 Å². The van der Waals surface area contributed by atoms with Crippen molar-refractivity contribution in [2.45, 2.75) is 57.7 Å². The molecule has 6 nitrogen and oxygen atoms in total. The van der Waals surface area contributed by atoms with Crippen LogP contribution in [0, 0.1) is 17.3 Å². The Morgan fingerprint density at radius 3 is 2.68 bits per heavy atom. The fourth-order valence-corrected chi connectivity index (χ4v) is 7.31. The number of hydrogen-bond acceptors (Lipinski definition) is 6. The second-order valence-corrected chi connectivity index (χ2v) is 10.8. The van der Waals surface area contributed by atoms with Crippen LogP contribution < -0.4 is 4.90 Å². The van der Waals surface area contributed by atoms with Gasteiger partial charge in [-0.3, -0.25) is 14.5 Å². The molecule has 1 aromatic carbocycles. The van der Waals surface area contributed by atoms with Crippen LogP contribution in [0.3, 0.4) is 0 Å². The number of hydrogen-bond donors (Lipinski definition) is 1. The molecule has 2 aromatic rings. The molecule has 4 fully saturated rings. The highest BCUT2D eigenvalue weighted by Gasteiger charge is 2.60. The van der Waals surface area contributed by atoms with Crippen molar-refractivity contribution >= 4 is 45.6 Å². The second kappa shape index (κ2) is 7.57. The summed E-state index contributed by atoms with van der Waals surface area (Å²) < 4.78 is 5.71. The number of aliphatic hydroxyl groups is 1. The van der Waals surface area contributed by atoms with Crippen LogP contribution in [-0.4, -0.2) is 27.6 Å². The average Bonchev–Trinajstić information content (AvgIpc) is 3.12. The van der Waals surface area contributed by atoms with Gasteiger partial charge in [-0.2, -0.15) is 0 Å². The summed E-state index contributed by atoms with van der Waals surface area (Å²) in [5.74, 6) is 0.452. The number of amides is 1. The summed E-state index contributed by atoms with van der Waals surface area (Å²) >= 11 is 7.40. The van der Waals surface area contributed by atoms with Gasteiger partial charge in [-0.1, -0.05) is 17.7 Å². The van der Waals surface area contributed by atoms with Crippen molar-refractivity contribution in [3.63, 3.8) is 0 Å². The molecule has 1 aromatic heterocycles. The maximum absolute atomic E-state index is 13.1. The lowest BCUT2D eigenvalue weighted by Gasteiger charge is -2.58. The van der Waals surface area contributed by atoms with Crippen molar-refractivity contribution in [2.75, 3.05) is 4.90 Å². The lowest BCUT2D eigenvalue weighted by Crippen LogP contribution is -2.58. The smallest absolute Gasteiger partial charge is 0.312 e.